The zero-order chi connectivity index (χ0) is 12.3. The van der Waals surface area contributed by atoms with Crippen molar-refractivity contribution in [2.45, 2.75) is 13.6 Å². The molecule has 0 atom stereocenters. The first-order valence-electron chi connectivity index (χ1n) is 5.47. The molecule has 0 spiro atoms. The SMILES string of the molecule is CC(=O)c1ccc(-c2ccc(CF)cc2)cc1. The highest BCUT2D eigenvalue weighted by Crippen LogP contribution is 2.20. The summed E-state index contributed by atoms with van der Waals surface area (Å²) < 4.78 is 12.4. The first-order valence-corrected chi connectivity index (χ1v) is 5.47. The van der Waals surface area contributed by atoms with Crippen molar-refractivity contribution < 1.29 is 9.18 Å². The fourth-order valence-electron chi connectivity index (χ4n) is 1.68. The van der Waals surface area contributed by atoms with Crippen molar-refractivity contribution in [3.05, 3.63) is 59.7 Å². The Morgan fingerprint density at radius 3 is 1.82 bits per heavy atom. The summed E-state index contributed by atoms with van der Waals surface area (Å²) in [6, 6.07) is 14.7. The lowest BCUT2D eigenvalue weighted by atomic mass is 10.0. The van der Waals surface area contributed by atoms with Crippen molar-refractivity contribution in [3.63, 3.8) is 0 Å². The molecule has 0 N–H and O–H groups in total. The van der Waals surface area contributed by atoms with E-state index in [0.717, 1.165) is 11.1 Å². The van der Waals surface area contributed by atoms with Crippen molar-refractivity contribution in [1.82, 2.24) is 0 Å². The van der Waals surface area contributed by atoms with Crippen LogP contribution in [0.15, 0.2) is 48.5 Å². The molecule has 0 saturated carbocycles. The molecule has 0 bridgehead atoms. The Morgan fingerprint density at radius 1 is 0.941 bits per heavy atom. The van der Waals surface area contributed by atoms with Crippen LogP contribution in [0.4, 0.5) is 4.39 Å². The van der Waals surface area contributed by atoms with E-state index < -0.39 is 6.67 Å². The van der Waals surface area contributed by atoms with Gasteiger partial charge in [0.1, 0.15) is 6.67 Å². The van der Waals surface area contributed by atoms with Crippen LogP contribution >= 0.6 is 0 Å². The van der Waals surface area contributed by atoms with Gasteiger partial charge in [0.05, 0.1) is 0 Å². The quantitative estimate of drug-likeness (QED) is 0.725. The van der Waals surface area contributed by atoms with Gasteiger partial charge < -0.3 is 0 Å². The van der Waals surface area contributed by atoms with Crippen LogP contribution in [-0.2, 0) is 6.67 Å². The Labute approximate surface area is 99.9 Å². The van der Waals surface area contributed by atoms with Gasteiger partial charge in [0, 0.05) is 5.56 Å². The second kappa shape index (κ2) is 4.91. The normalized spacial score (nSPS) is 10.2. The van der Waals surface area contributed by atoms with Crippen LogP contribution in [0.1, 0.15) is 22.8 Å². The van der Waals surface area contributed by atoms with E-state index in [1.54, 1.807) is 31.2 Å². The molecule has 2 aromatic rings. The molecule has 0 radical (unpaired) electrons. The zero-order valence-corrected chi connectivity index (χ0v) is 9.61. The van der Waals surface area contributed by atoms with Gasteiger partial charge in [-0.25, -0.2) is 4.39 Å². The van der Waals surface area contributed by atoms with E-state index >= 15 is 0 Å². The molecule has 2 heteroatoms. The summed E-state index contributed by atoms with van der Waals surface area (Å²) in [5.41, 5.74) is 3.43. The number of ketones is 1. The van der Waals surface area contributed by atoms with E-state index in [0.29, 0.717) is 11.1 Å². The van der Waals surface area contributed by atoms with Crippen molar-refractivity contribution in [2.75, 3.05) is 0 Å². The molecule has 0 unspecified atom stereocenters. The molecule has 86 valence electrons. The monoisotopic (exact) mass is 228 g/mol. The Kier molecular flexibility index (Phi) is 3.33. The maximum Gasteiger partial charge on any atom is 0.159 e. The van der Waals surface area contributed by atoms with Crippen LogP contribution < -0.4 is 0 Å². The molecule has 0 aromatic heterocycles. The van der Waals surface area contributed by atoms with Gasteiger partial charge in [0.25, 0.3) is 0 Å². The number of halogens is 1. The highest BCUT2D eigenvalue weighted by Gasteiger charge is 2.01. The fourth-order valence-corrected chi connectivity index (χ4v) is 1.68. The molecule has 2 rings (SSSR count). The molecular weight excluding hydrogens is 215 g/mol. The number of hydrogen-bond donors (Lipinski definition) is 0. The standard InChI is InChI=1S/C15H13FO/c1-11(17)13-6-8-15(9-7-13)14-4-2-12(10-16)3-5-14/h2-9H,10H2,1H3. The Bertz CT molecular complexity index is 512. The average Bonchev–Trinajstić information content (AvgIpc) is 2.39. The van der Waals surface area contributed by atoms with Crippen molar-refractivity contribution in [1.29, 1.82) is 0 Å². The number of carbonyl (C=O) groups excluding carboxylic acids is 1. The number of rotatable bonds is 3. The summed E-state index contributed by atoms with van der Waals surface area (Å²) in [5, 5.41) is 0. The van der Waals surface area contributed by atoms with Gasteiger partial charge >= 0.3 is 0 Å². The van der Waals surface area contributed by atoms with E-state index in [2.05, 4.69) is 0 Å². The third-order valence-electron chi connectivity index (χ3n) is 2.73. The van der Waals surface area contributed by atoms with Crippen molar-refractivity contribution in [2.24, 2.45) is 0 Å². The van der Waals surface area contributed by atoms with Gasteiger partial charge in [-0.1, -0.05) is 48.5 Å². The molecule has 0 fully saturated rings. The lowest BCUT2D eigenvalue weighted by molar-refractivity contribution is 0.101. The molecule has 0 heterocycles. The molecule has 0 saturated heterocycles. The Hall–Kier alpha value is -1.96. The summed E-state index contributed by atoms with van der Waals surface area (Å²) >= 11 is 0. The molecule has 2 aromatic carbocycles. The number of alkyl halides is 1. The molecule has 0 aliphatic rings. The van der Waals surface area contributed by atoms with Crippen LogP contribution in [0.3, 0.4) is 0 Å². The van der Waals surface area contributed by atoms with E-state index in [1.807, 2.05) is 24.3 Å². The Balaban J connectivity index is 2.29. The predicted octanol–water partition coefficient (Wildman–Crippen LogP) is 4.03. The maximum atomic E-state index is 12.4. The van der Waals surface area contributed by atoms with E-state index in [-0.39, 0.29) is 5.78 Å². The summed E-state index contributed by atoms with van der Waals surface area (Å²) in [5.74, 6) is 0.0596. The highest BCUT2D eigenvalue weighted by molar-refractivity contribution is 5.94. The summed E-state index contributed by atoms with van der Waals surface area (Å²) in [6.07, 6.45) is 0. The summed E-state index contributed by atoms with van der Waals surface area (Å²) in [4.78, 5) is 11.1. The first kappa shape index (κ1) is 11.5. The van der Waals surface area contributed by atoms with Gasteiger partial charge in [-0.05, 0) is 23.6 Å². The average molecular weight is 228 g/mol. The number of carbonyl (C=O) groups is 1. The van der Waals surface area contributed by atoms with Crippen molar-refractivity contribution >= 4 is 5.78 Å². The maximum absolute atomic E-state index is 12.4. The molecule has 0 aliphatic carbocycles. The predicted molar refractivity (Wildman–Crippen MR) is 66.7 cm³/mol. The smallest absolute Gasteiger partial charge is 0.159 e. The lowest BCUT2D eigenvalue weighted by Crippen LogP contribution is -1.90. The minimum Gasteiger partial charge on any atom is -0.295 e. The summed E-state index contributed by atoms with van der Waals surface area (Å²) in [7, 11) is 0. The number of Topliss-reactive ketones (excluding diaryl/α,β-unsaturated/α-hetero) is 1. The number of benzene rings is 2. The highest BCUT2D eigenvalue weighted by atomic mass is 19.1. The minimum absolute atomic E-state index is 0.0596. The van der Waals surface area contributed by atoms with Gasteiger partial charge in [0.2, 0.25) is 0 Å². The van der Waals surface area contributed by atoms with Crippen LogP contribution in [0, 0.1) is 0 Å². The van der Waals surface area contributed by atoms with Gasteiger partial charge in [-0.15, -0.1) is 0 Å². The van der Waals surface area contributed by atoms with Gasteiger partial charge in [0.15, 0.2) is 5.78 Å². The zero-order valence-electron chi connectivity index (χ0n) is 9.61. The van der Waals surface area contributed by atoms with Crippen LogP contribution in [0.25, 0.3) is 11.1 Å². The second-order valence-electron chi connectivity index (χ2n) is 3.96. The number of hydrogen-bond acceptors (Lipinski definition) is 1. The largest absolute Gasteiger partial charge is 0.295 e. The van der Waals surface area contributed by atoms with Gasteiger partial charge in [-0.3, -0.25) is 4.79 Å². The molecule has 1 nitrogen and oxygen atoms in total. The molecule has 0 amide bonds. The van der Waals surface area contributed by atoms with E-state index in [1.165, 1.54) is 0 Å². The fraction of sp³-hybridized carbons (Fsp3) is 0.133. The lowest BCUT2D eigenvalue weighted by Gasteiger charge is -2.03. The van der Waals surface area contributed by atoms with Gasteiger partial charge in [-0.2, -0.15) is 0 Å². The van der Waals surface area contributed by atoms with Crippen LogP contribution in [-0.4, -0.2) is 5.78 Å². The van der Waals surface area contributed by atoms with Crippen LogP contribution in [0.2, 0.25) is 0 Å². The van der Waals surface area contributed by atoms with Crippen LogP contribution in [0.5, 0.6) is 0 Å². The topological polar surface area (TPSA) is 17.1 Å². The third kappa shape index (κ3) is 2.59. The summed E-state index contributed by atoms with van der Waals surface area (Å²) in [6.45, 7) is 1.11. The Morgan fingerprint density at radius 2 is 1.41 bits per heavy atom. The van der Waals surface area contributed by atoms with Crippen molar-refractivity contribution in [3.8, 4) is 11.1 Å². The molecule has 17 heavy (non-hydrogen) atoms. The van der Waals surface area contributed by atoms with E-state index in [4.69, 9.17) is 0 Å². The first-order chi connectivity index (χ1) is 8.20. The molecular formula is C15H13FO. The minimum atomic E-state index is -0.441. The second-order valence-corrected chi connectivity index (χ2v) is 3.96. The van der Waals surface area contributed by atoms with E-state index in [9.17, 15) is 9.18 Å². The molecule has 0 aliphatic heterocycles. The third-order valence-corrected chi connectivity index (χ3v) is 2.73.